The van der Waals surface area contributed by atoms with Crippen molar-refractivity contribution in [1.82, 2.24) is 10.3 Å². The summed E-state index contributed by atoms with van der Waals surface area (Å²) in [4.78, 5) is 4.43. The van der Waals surface area contributed by atoms with E-state index in [1.807, 2.05) is 48.4 Å². The number of fused-ring (bicyclic) bond motifs is 1. The second kappa shape index (κ2) is 5.23. The van der Waals surface area contributed by atoms with E-state index in [0.717, 1.165) is 5.52 Å². The van der Waals surface area contributed by atoms with Gasteiger partial charge in [-0.25, -0.2) is 0 Å². The zero-order chi connectivity index (χ0) is 12.1. The molecule has 2 nitrogen and oxygen atoms in total. The molecule has 0 amide bonds. The van der Waals surface area contributed by atoms with Crippen molar-refractivity contribution >= 4 is 22.7 Å². The van der Waals surface area contributed by atoms with Crippen molar-refractivity contribution in [2.45, 2.75) is 18.7 Å². The first kappa shape index (κ1) is 12.0. The highest BCUT2D eigenvalue weighted by atomic mass is 32.2. The Hall–Kier alpha value is -1.48. The molecule has 17 heavy (non-hydrogen) atoms. The van der Waals surface area contributed by atoms with Crippen molar-refractivity contribution in [2.24, 2.45) is 0 Å². The van der Waals surface area contributed by atoms with E-state index in [2.05, 4.69) is 41.7 Å². The maximum Gasteiger partial charge on any atom is 0.0813 e. The van der Waals surface area contributed by atoms with Gasteiger partial charge in [-0.2, -0.15) is 0 Å². The van der Waals surface area contributed by atoms with Gasteiger partial charge in [0, 0.05) is 17.8 Å². The zero-order valence-corrected chi connectivity index (χ0v) is 10.9. The second-order valence-corrected chi connectivity index (χ2v) is 5.80. The molecule has 0 saturated heterocycles. The molecule has 0 aliphatic carbocycles. The van der Waals surface area contributed by atoms with E-state index in [1.165, 1.54) is 5.39 Å². The number of aromatic nitrogens is 1. The van der Waals surface area contributed by atoms with Crippen LogP contribution in [0.3, 0.4) is 0 Å². The molecular formula is C14H16N2S. The number of nitrogens with one attached hydrogen (secondary N) is 1. The molecule has 0 spiro atoms. The lowest BCUT2D eigenvalue weighted by Gasteiger charge is -2.15. The summed E-state index contributed by atoms with van der Waals surface area (Å²) in [5.41, 5.74) is 1.06. The van der Waals surface area contributed by atoms with Crippen molar-refractivity contribution in [3.8, 4) is 0 Å². The maximum atomic E-state index is 4.18. The van der Waals surface area contributed by atoms with Crippen molar-refractivity contribution in [2.75, 3.05) is 0 Å². The number of hydrogen-bond acceptors (Lipinski definition) is 3. The fourth-order valence-electron chi connectivity index (χ4n) is 1.49. The van der Waals surface area contributed by atoms with Gasteiger partial charge < -0.3 is 5.32 Å². The van der Waals surface area contributed by atoms with Gasteiger partial charge in [0.05, 0.1) is 10.4 Å². The molecule has 0 radical (unpaired) electrons. The summed E-state index contributed by atoms with van der Waals surface area (Å²) in [5.74, 6) is 0. The summed E-state index contributed by atoms with van der Waals surface area (Å²) in [7, 11) is 0. The smallest absolute Gasteiger partial charge is 0.0813 e. The first-order valence-electron chi connectivity index (χ1n) is 5.58. The van der Waals surface area contributed by atoms with Crippen LogP contribution in [0, 0.1) is 0 Å². The van der Waals surface area contributed by atoms with E-state index < -0.39 is 0 Å². The van der Waals surface area contributed by atoms with E-state index >= 15 is 0 Å². The third kappa shape index (κ3) is 3.49. The number of benzene rings is 1. The highest BCUT2D eigenvalue weighted by Crippen LogP contribution is 2.26. The molecule has 0 fully saturated rings. The van der Waals surface area contributed by atoms with Crippen LogP contribution in [0.15, 0.2) is 54.2 Å². The Morgan fingerprint density at radius 1 is 1.12 bits per heavy atom. The van der Waals surface area contributed by atoms with Gasteiger partial charge in [0.1, 0.15) is 0 Å². The lowest BCUT2D eigenvalue weighted by Crippen LogP contribution is -2.26. The monoisotopic (exact) mass is 244 g/mol. The third-order valence-corrected chi connectivity index (χ3v) is 3.35. The van der Waals surface area contributed by atoms with Crippen LogP contribution < -0.4 is 5.32 Å². The van der Waals surface area contributed by atoms with Crippen LogP contribution >= 0.6 is 11.8 Å². The van der Waals surface area contributed by atoms with Crippen molar-refractivity contribution < 1.29 is 0 Å². The quantitative estimate of drug-likeness (QED) is 0.763. The van der Waals surface area contributed by atoms with E-state index in [4.69, 9.17) is 0 Å². The molecule has 1 aliphatic heterocycles. The van der Waals surface area contributed by atoms with Crippen LogP contribution in [0.4, 0.5) is 0 Å². The molecule has 0 atom stereocenters. The molecule has 88 valence electrons. The molecule has 3 heteroatoms. The van der Waals surface area contributed by atoms with Crippen LogP contribution in [-0.2, 0) is 0 Å². The number of rotatable bonds is 0. The molecule has 1 aromatic carbocycles. The predicted molar refractivity (Wildman–Crippen MR) is 75.7 cm³/mol. The van der Waals surface area contributed by atoms with E-state index in [0.29, 0.717) is 0 Å². The van der Waals surface area contributed by atoms with E-state index in [-0.39, 0.29) is 4.87 Å². The van der Waals surface area contributed by atoms with Gasteiger partial charge in [-0.15, -0.1) is 11.8 Å². The van der Waals surface area contributed by atoms with Gasteiger partial charge in [0.25, 0.3) is 0 Å². The van der Waals surface area contributed by atoms with E-state index in [9.17, 15) is 0 Å². The topological polar surface area (TPSA) is 24.9 Å². The normalized spacial score (nSPS) is 16.1. The minimum absolute atomic E-state index is 0.250. The fraction of sp³-hybridized carbons (Fsp3) is 0.214. The SMILES string of the molecule is CC1(C)NC=CS1.c1ccc2ncccc2c1. The minimum atomic E-state index is 0.250. The van der Waals surface area contributed by atoms with Crippen molar-refractivity contribution in [3.05, 3.63) is 54.2 Å². The van der Waals surface area contributed by atoms with Crippen LogP contribution in [0.1, 0.15) is 13.8 Å². The molecule has 0 saturated carbocycles. The van der Waals surface area contributed by atoms with Crippen LogP contribution in [0.2, 0.25) is 0 Å². The van der Waals surface area contributed by atoms with Crippen molar-refractivity contribution in [3.63, 3.8) is 0 Å². The summed E-state index contributed by atoms with van der Waals surface area (Å²) in [5, 5.41) is 6.45. The van der Waals surface area contributed by atoms with Crippen LogP contribution in [-0.4, -0.2) is 9.85 Å². The number of thioether (sulfide) groups is 1. The van der Waals surface area contributed by atoms with Crippen LogP contribution in [0.25, 0.3) is 10.9 Å². The average Bonchev–Trinajstić information content (AvgIpc) is 2.75. The lowest BCUT2D eigenvalue weighted by atomic mass is 10.2. The summed E-state index contributed by atoms with van der Waals surface area (Å²) in [6.07, 6.45) is 3.78. The Bertz CT molecular complexity index is 445. The largest absolute Gasteiger partial charge is 0.376 e. The third-order valence-electron chi connectivity index (χ3n) is 2.37. The van der Waals surface area contributed by atoms with Gasteiger partial charge in [0.15, 0.2) is 0 Å². The number of nitrogens with zero attached hydrogens (tertiary/aromatic N) is 1. The molecular weight excluding hydrogens is 228 g/mol. The Morgan fingerprint density at radius 2 is 1.88 bits per heavy atom. The van der Waals surface area contributed by atoms with Crippen molar-refractivity contribution in [1.29, 1.82) is 0 Å². The summed E-state index contributed by atoms with van der Waals surface area (Å²) in [6, 6.07) is 12.1. The molecule has 1 aromatic heterocycles. The zero-order valence-electron chi connectivity index (χ0n) is 10.1. The average molecular weight is 244 g/mol. The molecule has 2 aromatic rings. The molecule has 2 heterocycles. The predicted octanol–water partition coefficient (Wildman–Crippen LogP) is 3.76. The van der Waals surface area contributed by atoms with Gasteiger partial charge in [-0.3, -0.25) is 4.98 Å². The Balaban J connectivity index is 0.000000136. The number of hydrogen-bond donors (Lipinski definition) is 1. The molecule has 0 unspecified atom stereocenters. The molecule has 3 rings (SSSR count). The summed E-state index contributed by atoms with van der Waals surface area (Å²) < 4.78 is 0. The maximum absolute atomic E-state index is 4.18. The molecule has 1 aliphatic rings. The first-order valence-corrected chi connectivity index (χ1v) is 6.46. The number of para-hydroxylation sites is 1. The highest BCUT2D eigenvalue weighted by Gasteiger charge is 2.17. The van der Waals surface area contributed by atoms with Gasteiger partial charge in [0.2, 0.25) is 0 Å². The number of pyridine rings is 1. The highest BCUT2D eigenvalue weighted by molar-refractivity contribution is 8.03. The fourth-order valence-corrected chi connectivity index (χ4v) is 2.10. The van der Waals surface area contributed by atoms with E-state index in [1.54, 1.807) is 0 Å². The Kier molecular flexibility index (Phi) is 3.69. The minimum Gasteiger partial charge on any atom is -0.376 e. The lowest BCUT2D eigenvalue weighted by molar-refractivity contribution is 0.653. The standard InChI is InChI=1S/C9H7N.C5H9NS/c1-2-6-9-8(4-1)5-3-7-10-9;1-5(2)6-3-4-7-5/h1-7H;3-4,6H,1-2H3. The van der Waals surface area contributed by atoms with Gasteiger partial charge in [-0.05, 0) is 31.4 Å². The first-order chi connectivity index (χ1) is 8.17. The second-order valence-electron chi connectivity index (χ2n) is 4.27. The molecule has 1 N–H and O–H groups in total. The van der Waals surface area contributed by atoms with Crippen LogP contribution in [0.5, 0.6) is 0 Å². The Morgan fingerprint density at radius 3 is 2.47 bits per heavy atom. The summed E-state index contributed by atoms with van der Waals surface area (Å²) in [6.45, 7) is 4.30. The molecule has 0 bridgehead atoms. The Labute approximate surface area is 106 Å². The van der Waals surface area contributed by atoms with Gasteiger partial charge in [-0.1, -0.05) is 24.3 Å². The van der Waals surface area contributed by atoms with Gasteiger partial charge >= 0.3 is 0 Å². The summed E-state index contributed by atoms with van der Waals surface area (Å²) >= 11 is 1.81.